The van der Waals surface area contributed by atoms with Gasteiger partial charge in [0.05, 0.1) is 16.5 Å². The highest BCUT2D eigenvalue weighted by Gasteiger charge is 2.17. The first kappa shape index (κ1) is 11.3. The van der Waals surface area contributed by atoms with Gasteiger partial charge < -0.3 is 10.2 Å². The van der Waals surface area contributed by atoms with E-state index in [9.17, 15) is 10.1 Å². The number of nitro benzene ring substituents is 1. The lowest BCUT2D eigenvalue weighted by Crippen LogP contribution is -2.02. The summed E-state index contributed by atoms with van der Waals surface area (Å²) in [6.07, 6.45) is 0. The Kier molecular flexibility index (Phi) is 2.93. The molecule has 0 fully saturated rings. The van der Waals surface area contributed by atoms with E-state index in [1.807, 2.05) is 0 Å². The zero-order valence-corrected chi connectivity index (χ0v) is 9.29. The van der Waals surface area contributed by atoms with Crippen LogP contribution >= 0.6 is 0 Å². The van der Waals surface area contributed by atoms with Crippen molar-refractivity contribution in [3.05, 3.63) is 52.3 Å². The molecule has 88 valence electrons. The highest BCUT2D eigenvalue weighted by atomic mass is 16.6. The summed E-state index contributed by atoms with van der Waals surface area (Å²) in [4.78, 5) is 10.4. The van der Waals surface area contributed by atoms with E-state index in [1.54, 1.807) is 37.3 Å². The summed E-state index contributed by atoms with van der Waals surface area (Å²) < 4.78 is 5.49. The molecule has 5 heteroatoms. The molecule has 1 aromatic heterocycles. The largest absolute Gasteiger partial charge is 0.459 e. The van der Waals surface area contributed by atoms with Gasteiger partial charge in [-0.1, -0.05) is 12.1 Å². The predicted molar refractivity (Wildman–Crippen MR) is 63.4 cm³/mol. The second-order valence-corrected chi connectivity index (χ2v) is 3.76. The molecule has 0 unspecified atom stereocenters. The van der Waals surface area contributed by atoms with Gasteiger partial charge in [-0.2, -0.15) is 0 Å². The Hall–Kier alpha value is -2.14. The standard InChI is InChI=1S/C12H12N2O3/c1-8(13)11-6-7-12(17-11)9-4-2-3-5-10(9)14(15)16/h2-8H,13H2,1H3/t8-/m0/s1. The third kappa shape index (κ3) is 2.19. The normalized spacial score (nSPS) is 12.4. The number of rotatable bonds is 3. The van der Waals surface area contributed by atoms with E-state index in [4.69, 9.17) is 10.2 Å². The van der Waals surface area contributed by atoms with Gasteiger partial charge in [0.2, 0.25) is 0 Å². The Morgan fingerprint density at radius 2 is 2.00 bits per heavy atom. The van der Waals surface area contributed by atoms with Crippen molar-refractivity contribution < 1.29 is 9.34 Å². The molecule has 0 bridgehead atoms. The van der Waals surface area contributed by atoms with Crippen molar-refractivity contribution in [3.63, 3.8) is 0 Å². The van der Waals surface area contributed by atoms with Gasteiger partial charge in [-0.05, 0) is 25.1 Å². The molecule has 0 aliphatic rings. The van der Waals surface area contributed by atoms with Gasteiger partial charge in [0.1, 0.15) is 11.5 Å². The van der Waals surface area contributed by atoms with Crippen LogP contribution in [0.25, 0.3) is 11.3 Å². The van der Waals surface area contributed by atoms with Crippen molar-refractivity contribution in [3.8, 4) is 11.3 Å². The molecule has 0 aliphatic heterocycles. The molecule has 5 nitrogen and oxygen atoms in total. The van der Waals surface area contributed by atoms with Gasteiger partial charge in [0.25, 0.3) is 5.69 Å². The highest BCUT2D eigenvalue weighted by Crippen LogP contribution is 2.31. The molecule has 0 saturated carbocycles. The smallest absolute Gasteiger partial charge is 0.280 e. The topological polar surface area (TPSA) is 82.3 Å². The van der Waals surface area contributed by atoms with E-state index in [2.05, 4.69) is 0 Å². The monoisotopic (exact) mass is 232 g/mol. The summed E-state index contributed by atoms with van der Waals surface area (Å²) in [5.74, 6) is 1.07. The van der Waals surface area contributed by atoms with E-state index in [1.165, 1.54) is 6.07 Å². The Morgan fingerprint density at radius 3 is 2.59 bits per heavy atom. The molecule has 1 aromatic carbocycles. The van der Waals surface area contributed by atoms with Gasteiger partial charge in [-0.3, -0.25) is 10.1 Å². The average Bonchev–Trinajstić information content (AvgIpc) is 2.78. The third-order valence-corrected chi connectivity index (χ3v) is 2.44. The zero-order valence-electron chi connectivity index (χ0n) is 9.29. The fraction of sp³-hybridized carbons (Fsp3) is 0.167. The summed E-state index contributed by atoms with van der Waals surface area (Å²) >= 11 is 0. The Balaban J connectivity index is 2.49. The number of benzene rings is 1. The molecule has 0 aliphatic carbocycles. The molecule has 0 amide bonds. The van der Waals surface area contributed by atoms with Crippen LogP contribution in [0.1, 0.15) is 18.7 Å². The van der Waals surface area contributed by atoms with Crippen molar-refractivity contribution in [2.75, 3.05) is 0 Å². The predicted octanol–water partition coefficient (Wildman–Crippen LogP) is 2.87. The lowest BCUT2D eigenvalue weighted by molar-refractivity contribution is -0.384. The number of nitrogens with two attached hydrogens (primary N) is 1. The van der Waals surface area contributed by atoms with Crippen LogP contribution in [0.3, 0.4) is 0 Å². The van der Waals surface area contributed by atoms with Crippen LogP contribution in [-0.2, 0) is 0 Å². The molecule has 2 rings (SSSR count). The fourth-order valence-electron chi connectivity index (χ4n) is 1.58. The van der Waals surface area contributed by atoms with Crippen LogP contribution in [0.15, 0.2) is 40.8 Å². The maximum Gasteiger partial charge on any atom is 0.280 e. The summed E-state index contributed by atoms with van der Waals surface area (Å²) in [6, 6.07) is 9.66. The summed E-state index contributed by atoms with van der Waals surface area (Å²) in [5, 5.41) is 10.9. The van der Waals surface area contributed by atoms with Crippen LogP contribution < -0.4 is 5.73 Å². The Labute approximate surface area is 98.0 Å². The number of nitrogens with zero attached hydrogens (tertiary/aromatic N) is 1. The fourth-order valence-corrected chi connectivity index (χ4v) is 1.58. The van der Waals surface area contributed by atoms with Crippen molar-refractivity contribution in [1.82, 2.24) is 0 Å². The van der Waals surface area contributed by atoms with Crippen LogP contribution in [0.2, 0.25) is 0 Å². The molecule has 17 heavy (non-hydrogen) atoms. The summed E-state index contributed by atoms with van der Waals surface area (Å²) in [7, 11) is 0. The van der Waals surface area contributed by atoms with Gasteiger partial charge in [-0.25, -0.2) is 0 Å². The van der Waals surface area contributed by atoms with Crippen LogP contribution in [0.4, 0.5) is 5.69 Å². The van der Waals surface area contributed by atoms with Gasteiger partial charge in [0.15, 0.2) is 0 Å². The van der Waals surface area contributed by atoms with Gasteiger partial charge in [0, 0.05) is 6.07 Å². The second kappa shape index (κ2) is 4.39. The first-order chi connectivity index (χ1) is 8.09. The molecule has 2 aromatic rings. The van der Waals surface area contributed by atoms with Crippen molar-refractivity contribution >= 4 is 5.69 Å². The van der Waals surface area contributed by atoms with Crippen molar-refractivity contribution in [2.24, 2.45) is 5.73 Å². The second-order valence-electron chi connectivity index (χ2n) is 3.76. The minimum Gasteiger partial charge on any atom is -0.459 e. The molecule has 0 spiro atoms. The molecule has 0 radical (unpaired) electrons. The number of nitro groups is 1. The Bertz CT molecular complexity index is 546. The third-order valence-electron chi connectivity index (χ3n) is 2.44. The lowest BCUT2D eigenvalue weighted by atomic mass is 10.1. The van der Waals surface area contributed by atoms with Crippen molar-refractivity contribution in [2.45, 2.75) is 13.0 Å². The number of hydrogen-bond acceptors (Lipinski definition) is 4. The van der Waals surface area contributed by atoms with E-state index >= 15 is 0 Å². The van der Waals surface area contributed by atoms with Crippen LogP contribution in [-0.4, -0.2) is 4.92 Å². The number of furan rings is 1. The van der Waals surface area contributed by atoms with Gasteiger partial charge in [-0.15, -0.1) is 0 Å². The van der Waals surface area contributed by atoms with E-state index in [0.29, 0.717) is 17.1 Å². The summed E-state index contributed by atoms with van der Waals surface area (Å²) in [5.41, 5.74) is 6.16. The molecular weight excluding hydrogens is 220 g/mol. The average molecular weight is 232 g/mol. The van der Waals surface area contributed by atoms with Gasteiger partial charge >= 0.3 is 0 Å². The molecular formula is C12H12N2O3. The maximum atomic E-state index is 10.9. The Morgan fingerprint density at radius 1 is 1.29 bits per heavy atom. The lowest BCUT2D eigenvalue weighted by Gasteiger charge is -2.01. The molecule has 2 N–H and O–H groups in total. The van der Waals surface area contributed by atoms with E-state index in [-0.39, 0.29) is 11.7 Å². The van der Waals surface area contributed by atoms with E-state index < -0.39 is 4.92 Å². The SMILES string of the molecule is C[C@H](N)c1ccc(-c2ccccc2[N+](=O)[O-])o1. The number of para-hydroxylation sites is 1. The maximum absolute atomic E-state index is 10.9. The highest BCUT2D eigenvalue weighted by molar-refractivity contribution is 5.69. The zero-order chi connectivity index (χ0) is 12.4. The van der Waals surface area contributed by atoms with Crippen LogP contribution in [0, 0.1) is 10.1 Å². The van der Waals surface area contributed by atoms with E-state index in [0.717, 1.165) is 0 Å². The minimum atomic E-state index is -0.427. The molecule has 1 atom stereocenters. The number of hydrogen-bond donors (Lipinski definition) is 1. The van der Waals surface area contributed by atoms with Crippen LogP contribution in [0.5, 0.6) is 0 Å². The first-order valence-electron chi connectivity index (χ1n) is 5.18. The summed E-state index contributed by atoms with van der Waals surface area (Å²) in [6.45, 7) is 1.79. The molecule has 1 heterocycles. The quantitative estimate of drug-likeness (QED) is 0.651. The molecule has 0 saturated heterocycles. The first-order valence-corrected chi connectivity index (χ1v) is 5.18. The minimum absolute atomic E-state index is 0.0260. The van der Waals surface area contributed by atoms with Crippen molar-refractivity contribution in [1.29, 1.82) is 0 Å².